The molecule has 0 spiro atoms. The van der Waals surface area contributed by atoms with Gasteiger partial charge in [0.15, 0.2) is 5.82 Å². The number of nitrogens with zero attached hydrogens (tertiary/aromatic N) is 3. The van der Waals surface area contributed by atoms with Gasteiger partial charge in [-0.3, -0.25) is 4.79 Å². The van der Waals surface area contributed by atoms with Gasteiger partial charge in [-0.05, 0) is 47.4 Å². The molecule has 1 amide bonds. The summed E-state index contributed by atoms with van der Waals surface area (Å²) in [5.74, 6) is 2.10. The molecule has 0 saturated carbocycles. The number of aryl methyl sites for hydroxylation is 2. The number of para-hydroxylation sites is 2. The van der Waals surface area contributed by atoms with Crippen LogP contribution in [0.1, 0.15) is 34.4 Å². The number of methoxy groups -OCH3 is 1. The van der Waals surface area contributed by atoms with E-state index in [0.717, 1.165) is 45.5 Å². The van der Waals surface area contributed by atoms with E-state index < -0.39 is 6.04 Å². The number of aromatic nitrogens is 5. The highest BCUT2D eigenvalue weighted by atomic mass is 16.5. The molecule has 0 aliphatic carbocycles. The van der Waals surface area contributed by atoms with E-state index >= 15 is 0 Å². The normalized spacial score (nSPS) is 12.1. The van der Waals surface area contributed by atoms with Gasteiger partial charge >= 0.3 is 0 Å². The van der Waals surface area contributed by atoms with E-state index in [0.29, 0.717) is 25.2 Å². The summed E-state index contributed by atoms with van der Waals surface area (Å²) in [6.45, 7) is 0.447. The van der Waals surface area contributed by atoms with Crippen molar-refractivity contribution < 1.29 is 9.53 Å². The standard InChI is InChI=1S/C32H33N7O2/c1-41-24-13-10-21(11-14-24)20-39-30(15-12-22-18-34-27-8-4-2-6-25(22)27)37-38-32(39)29(36-31(40)17-33)16-23-19-35-28-9-5-3-7-26(23)28/h2-11,13-14,18-19,29,34-35H,12,15-17,20,33H2,1H3,(H,36,40)/t29-/m1/s1. The fourth-order valence-electron chi connectivity index (χ4n) is 5.44. The van der Waals surface area contributed by atoms with Gasteiger partial charge < -0.3 is 30.3 Å². The summed E-state index contributed by atoms with van der Waals surface area (Å²) in [6.07, 6.45) is 6.09. The quantitative estimate of drug-likeness (QED) is 0.191. The average molecular weight is 548 g/mol. The summed E-state index contributed by atoms with van der Waals surface area (Å²) >= 11 is 0. The molecule has 0 aliphatic rings. The van der Waals surface area contributed by atoms with Crippen molar-refractivity contribution in [3.8, 4) is 5.75 Å². The van der Waals surface area contributed by atoms with Crippen LogP contribution < -0.4 is 15.8 Å². The van der Waals surface area contributed by atoms with Gasteiger partial charge in [-0.1, -0.05) is 48.5 Å². The van der Waals surface area contributed by atoms with E-state index in [-0.39, 0.29) is 12.5 Å². The Labute approximate surface area is 237 Å². The van der Waals surface area contributed by atoms with E-state index in [1.165, 1.54) is 10.9 Å². The first-order valence-corrected chi connectivity index (χ1v) is 13.8. The van der Waals surface area contributed by atoms with Crippen LogP contribution in [0.25, 0.3) is 21.8 Å². The molecule has 6 aromatic rings. The first-order valence-electron chi connectivity index (χ1n) is 13.8. The molecule has 1 atom stereocenters. The number of fused-ring (bicyclic) bond motifs is 2. The third kappa shape index (κ3) is 5.57. The predicted octanol–water partition coefficient (Wildman–Crippen LogP) is 4.44. The number of benzene rings is 3. The van der Waals surface area contributed by atoms with Crippen LogP contribution in [0.2, 0.25) is 0 Å². The minimum absolute atomic E-state index is 0.107. The molecular weight excluding hydrogens is 514 g/mol. The van der Waals surface area contributed by atoms with Crippen LogP contribution >= 0.6 is 0 Å². The second-order valence-electron chi connectivity index (χ2n) is 10.2. The van der Waals surface area contributed by atoms with Crippen molar-refractivity contribution in [3.63, 3.8) is 0 Å². The largest absolute Gasteiger partial charge is 0.497 e. The fraction of sp³-hybridized carbons (Fsp3) is 0.219. The third-order valence-corrected chi connectivity index (χ3v) is 7.58. The Morgan fingerprint density at radius 1 is 0.902 bits per heavy atom. The predicted molar refractivity (Wildman–Crippen MR) is 160 cm³/mol. The molecule has 3 heterocycles. The number of nitrogens with one attached hydrogen (secondary N) is 3. The topological polar surface area (TPSA) is 127 Å². The van der Waals surface area contributed by atoms with E-state index in [1.807, 2.05) is 54.7 Å². The molecule has 9 heteroatoms. The van der Waals surface area contributed by atoms with Crippen molar-refractivity contribution >= 4 is 27.7 Å². The minimum atomic E-state index is -0.419. The summed E-state index contributed by atoms with van der Waals surface area (Å²) in [6, 6.07) is 24.0. The Balaban J connectivity index is 1.36. The molecule has 0 bridgehead atoms. The van der Waals surface area contributed by atoms with Crippen molar-refractivity contribution in [1.82, 2.24) is 30.0 Å². The van der Waals surface area contributed by atoms with Crippen molar-refractivity contribution in [1.29, 1.82) is 0 Å². The lowest BCUT2D eigenvalue weighted by molar-refractivity contribution is -0.120. The van der Waals surface area contributed by atoms with Gasteiger partial charge in [0.1, 0.15) is 11.6 Å². The molecule has 5 N–H and O–H groups in total. The molecule has 0 aliphatic heterocycles. The fourth-order valence-corrected chi connectivity index (χ4v) is 5.44. The Kier molecular flexibility index (Phi) is 7.51. The van der Waals surface area contributed by atoms with E-state index in [4.69, 9.17) is 10.5 Å². The zero-order valence-corrected chi connectivity index (χ0v) is 22.9. The number of carbonyl (C=O) groups is 1. The number of rotatable bonds is 11. The lowest BCUT2D eigenvalue weighted by atomic mass is 10.0. The van der Waals surface area contributed by atoms with Crippen molar-refractivity contribution in [3.05, 3.63) is 114 Å². The van der Waals surface area contributed by atoms with Crippen LogP contribution in [-0.2, 0) is 30.6 Å². The van der Waals surface area contributed by atoms with Crippen molar-refractivity contribution in [2.24, 2.45) is 5.73 Å². The van der Waals surface area contributed by atoms with Crippen LogP contribution in [0.15, 0.2) is 85.2 Å². The number of H-pyrrole nitrogens is 2. The van der Waals surface area contributed by atoms with E-state index in [9.17, 15) is 4.79 Å². The maximum absolute atomic E-state index is 12.6. The van der Waals surface area contributed by atoms with Crippen LogP contribution in [0.3, 0.4) is 0 Å². The van der Waals surface area contributed by atoms with Gasteiger partial charge in [0.2, 0.25) is 5.91 Å². The SMILES string of the molecule is COc1ccc(Cn2c(CCc3c[nH]c4ccccc34)nnc2[C@@H](Cc2c[nH]c3ccccc23)NC(=O)CN)cc1. The van der Waals surface area contributed by atoms with Crippen LogP contribution in [-0.4, -0.2) is 44.3 Å². The van der Waals surface area contributed by atoms with Gasteiger partial charge in [-0.15, -0.1) is 10.2 Å². The van der Waals surface area contributed by atoms with Gasteiger partial charge in [-0.25, -0.2) is 0 Å². The van der Waals surface area contributed by atoms with E-state index in [1.54, 1.807) is 7.11 Å². The van der Waals surface area contributed by atoms with Gasteiger partial charge in [0.25, 0.3) is 0 Å². The van der Waals surface area contributed by atoms with Crippen LogP contribution in [0, 0.1) is 0 Å². The molecular formula is C32H33N7O2. The molecule has 208 valence electrons. The molecule has 9 nitrogen and oxygen atoms in total. The number of hydrogen-bond acceptors (Lipinski definition) is 5. The first-order chi connectivity index (χ1) is 20.1. The number of nitrogens with two attached hydrogens (primary N) is 1. The molecule has 0 unspecified atom stereocenters. The highest BCUT2D eigenvalue weighted by molar-refractivity contribution is 5.84. The molecule has 6 rings (SSSR count). The highest BCUT2D eigenvalue weighted by Crippen LogP contribution is 2.26. The first kappa shape index (κ1) is 26.3. The average Bonchev–Trinajstić information content (AvgIpc) is 3.73. The molecule has 0 radical (unpaired) electrons. The summed E-state index contributed by atoms with van der Waals surface area (Å²) in [5, 5.41) is 14.8. The smallest absolute Gasteiger partial charge is 0.234 e. The number of amides is 1. The summed E-state index contributed by atoms with van der Waals surface area (Å²) in [4.78, 5) is 19.3. The highest BCUT2D eigenvalue weighted by Gasteiger charge is 2.25. The van der Waals surface area contributed by atoms with Crippen LogP contribution in [0.4, 0.5) is 0 Å². The lowest BCUT2D eigenvalue weighted by Gasteiger charge is -2.20. The number of ether oxygens (including phenoxy) is 1. The maximum atomic E-state index is 12.6. The Morgan fingerprint density at radius 2 is 1.56 bits per heavy atom. The van der Waals surface area contributed by atoms with Gasteiger partial charge in [0.05, 0.1) is 26.2 Å². The minimum Gasteiger partial charge on any atom is -0.497 e. The number of hydrogen-bond donors (Lipinski definition) is 4. The molecule has 41 heavy (non-hydrogen) atoms. The van der Waals surface area contributed by atoms with Crippen molar-refractivity contribution in [2.75, 3.05) is 13.7 Å². The second-order valence-corrected chi connectivity index (χ2v) is 10.2. The molecule has 3 aromatic carbocycles. The summed E-state index contributed by atoms with van der Waals surface area (Å²) < 4.78 is 7.49. The Bertz CT molecular complexity index is 1780. The summed E-state index contributed by atoms with van der Waals surface area (Å²) in [7, 11) is 1.66. The zero-order valence-electron chi connectivity index (χ0n) is 22.9. The molecule has 0 fully saturated rings. The van der Waals surface area contributed by atoms with Crippen molar-refractivity contribution in [2.45, 2.75) is 31.8 Å². The number of aromatic amines is 2. The van der Waals surface area contributed by atoms with Gasteiger partial charge in [0, 0.05) is 47.0 Å². The van der Waals surface area contributed by atoms with Gasteiger partial charge in [-0.2, -0.15) is 0 Å². The third-order valence-electron chi connectivity index (χ3n) is 7.58. The Morgan fingerprint density at radius 3 is 2.24 bits per heavy atom. The summed E-state index contributed by atoms with van der Waals surface area (Å²) in [5.41, 5.74) is 11.3. The maximum Gasteiger partial charge on any atom is 0.234 e. The zero-order chi connectivity index (χ0) is 28.2. The second kappa shape index (κ2) is 11.7. The van der Waals surface area contributed by atoms with Crippen LogP contribution in [0.5, 0.6) is 5.75 Å². The molecule has 3 aromatic heterocycles. The Hall–Kier alpha value is -4.89. The molecule has 0 saturated heterocycles. The monoisotopic (exact) mass is 547 g/mol. The number of carbonyl (C=O) groups excluding carboxylic acids is 1. The lowest BCUT2D eigenvalue weighted by Crippen LogP contribution is -2.36. The van der Waals surface area contributed by atoms with E-state index in [2.05, 4.69) is 60.5 Å².